The predicted molar refractivity (Wildman–Crippen MR) is 90.0 cm³/mol. The predicted octanol–water partition coefficient (Wildman–Crippen LogP) is 3.60. The first-order valence-electron chi connectivity index (χ1n) is 6.24. The molecule has 0 aliphatic carbocycles. The fraction of sp³-hybridized carbons (Fsp3) is 0.0714. The maximum absolute atomic E-state index is 5.55. The van der Waals surface area contributed by atoms with Crippen molar-refractivity contribution in [3.63, 3.8) is 0 Å². The van der Waals surface area contributed by atoms with Gasteiger partial charge in [-0.1, -0.05) is 18.2 Å². The van der Waals surface area contributed by atoms with Crippen LogP contribution in [-0.2, 0) is 0 Å². The average Bonchev–Trinajstić information content (AvgIpc) is 3.08. The lowest BCUT2D eigenvalue weighted by Gasteiger charge is -1.99. The van der Waals surface area contributed by atoms with Crippen LogP contribution in [0.5, 0.6) is 0 Å². The summed E-state index contributed by atoms with van der Waals surface area (Å²) in [7, 11) is 0. The van der Waals surface area contributed by atoms with E-state index in [1.807, 2.05) is 19.1 Å². The molecule has 21 heavy (non-hydrogen) atoms. The zero-order valence-electron chi connectivity index (χ0n) is 11.3. The molecule has 0 saturated carbocycles. The molecule has 5 nitrogen and oxygen atoms in total. The molecule has 0 unspecified atom stereocenters. The van der Waals surface area contributed by atoms with E-state index in [2.05, 4.69) is 38.1 Å². The van der Waals surface area contributed by atoms with E-state index < -0.39 is 0 Å². The second-order valence-electron chi connectivity index (χ2n) is 4.41. The fourth-order valence-corrected chi connectivity index (χ4v) is 3.07. The Morgan fingerprint density at radius 3 is 2.95 bits per heavy atom. The van der Waals surface area contributed by atoms with Gasteiger partial charge in [0.25, 0.3) is 0 Å². The zero-order valence-corrected chi connectivity index (χ0v) is 12.9. The number of hydrazone groups is 1. The van der Waals surface area contributed by atoms with Crippen molar-refractivity contribution in [3.05, 3.63) is 47.0 Å². The number of aromatic nitrogens is 2. The topological polar surface area (TPSA) is 76.2 Å². The molecule has 106 valence electrons. The van der Waals surface area contributed by atoms with Crippen LogP contribution >= 0.6 is 22.9 Å². The van der Waals surface area contributed by atoms with Crippen molar-refractivity contribution in [2.45, 2.75) is 6.92 Å². The number of anilines is 2. The molecule has 7 heteroatoms. The highest BCUT2D eigenvalue weighted by atomic mass is 32.1. The van der Waals surface area contributed by atoms with E-state index in [-0.39, 0.29) is 0 Å². The first-order valence-corrected chi connectivity index (χ1v) is 7.90. The molecule has 0 amide bonds. The monoisotopic (exact) mass is 315 g/mol. The smallest absolute Gasteiger partial charge is 0.205 e. The third kappa shape index (κ3) is 3.45. The molecule has 1 aromatic carbocycles. The number of benzene rings is 1. The highest BCUT2D eigenvalue weighted by Gasteiger charge is 2.02. The Morgan fingerprint density at radius 1 is 1.33 bits per heavy atom. The lowest BCUT2D eigenvalue weighted by molar-refractivity contribution is 1.29. The number of hydrogen-bond acceptors (Lipinski definition) is 7. The van der Waals surface area contributed by atoms with E-state index in [0.29, 0.717) is 10.9 Å². The quantitative estimate of drug-likeness (QED) is 0.569. The van der Waals surface area contributed by atoms with Crippen LogP contribution < -0.4 is 11.2 Å². The number of hydrogen-bond donors (Lipinski definition) is 2. The van der Waals surface area contributed by atoms with Crippen molar-refractivity contribution < 1.29 is 0 Å². The van der Waals surface area contributed by atoms with E-state index in [0.717, 1.165) is 21.7 Å². The van der Waals surface area contributed by atoms with Crippen LogP contribution in [-0.4, -0.2) is 15.6 Å². The van der Waals surface area contributed by atoms with E-state index >= 15 is 0 Å². The van der Waals surface area contributed by atoms with Gasteiger partial charge in [-0.15, -0.1) is 11.3 Å². The highest BCUT2D eigenvalue weighted by Crippen LogP contribution is 2.25. The molecule has 0 atom stereocenters. The SMILES string of the molecule is Cc1cc(-c2cccc(C=NNc3nc(N)cs3)c2)sn1. The minimum atomic E-state index is 0.500. The molecule has 3 N–H and O–H groups in total. The van der Waals surface area contributed by atoms with Crippen molar-refractivity contribution in [2.24, 2.45) is 5.10 Å². The van der Waals surface area contributed by atoms with Crippen LogP contribution in [0.1, 0.15) is 11.3 Å². The van der Waals surface area contributed by atoms with Crippen LogP contribution in [0.15, 0.2) is 40.8 Å². The average molecular weight is 315 g/mol. The molecule has 0 bridgehead atoms. The maximum atomic E-state index is 5.55. The van der Waals surface area contributed by atoms with Crippen LogP contribution in [0.25, 0.3) is 10.4 Å². The summed E-state index contributed by atoms with van der Waals surface area (Å²) in [6.07, 6.45) is 1.76. The van der Waals surface area contributed by atoms with E-state index in [1.165, 1.54) is 22.9 Å². The molecule has 0 saturated heterocycles. The van der Waals surface area contributed by atoms with Gasteiger partial charge in [-0.05, 0) is 41.7 Å². The van der Waals surface area contributed by atoms with Gasteiger partial charge in [-0.3, -0.25) is 5.43 Å². The zero-order chi connectivity index (χ0) is 14.7. The standard InChI is InChI=1S/C14H13N5S2/c1-9-5-12(21-19-9)11-4-2-3-10(6-11)7-16-18-14-17-13(15)8-20-14/h2-8H,15H2,1H3,(H,17,18). The van der Waals surface area contributed by atoms with Crippen LogP contribution in [0.4, 0.5) is 10.9 Å². The Morgan fingerprint density at radius 2 is 2.24 bits per heavy atom. The van der Waals surface area contributed by atoms with E-state index in [9.17, 15) is 0 Å². The molecule has 0 fully saturated rings. The Hall–Kier alpha value is -2.25. The van der Waals surface area contributed by atoms with Crippen molar-refractivity contribution in [3.8, 4) is 10.4 Å². The van der Waals surface area contributed by atoms with Gasteiger partial charge >= 0.3 is 0 Å². The Bertz CT molecular complexity index is 775. The Labute approximate surface area is 130 Å². The number of nitrogens with zero attached hydrogens (tertiary/aromatic N) is 3. The summed E-state index contributed by atoms with van der Waals surface area (Å²) in [6.45, 7) is 1.99. The summed E-state index contributed by atoms with van der Waals surface area (Å²) in [4.78, 5) is 5.23. The Balaban J connectivity index is 1.74. The maximum Gasteiger partial charge on any atom is 0.205 e. The number of aryl methyl sites for hydroxylation is 1. The number of nitrogens with one attached hydrogen (secondary N) is 1. The summed E-state index contributed by atoms with van der Waals surface area (Å²) in [5, 5.41) is 6.62. The van der Waals surface area contributed by atoms with E-state index in [4.69, 9.17) is 5.73 Å². The molecular formula is C14H13N5S2. The molecule has 0 spiro atoms. The molecule has 2 aromatic heterocycles. The van der Waals surface area contributed by atoms with Crippen LogP contribution in [0.3, 0.4) is 0 Å². The molecule has 3 rings (SSSR count). The molecule has 0 radical (unpaired) electrons. The van der Waals surface area contributed by atoms with Gasteiger partial charge in [-0.25, -0.2) is 4.98 Å². The lowest BCUT2D eigenvalue weighted by Crippen LogP contribution is -1.91. The number of nitrogen functional groups attached to an aromatic ring is 1. The van der Waals surface area contributed by atoms with Crippen molar-refractivity contribution >= 4 is 40.0 Å². The normalized spacial score (nSPS) is 11.1. The summed E-state index contributed by atoms with van der Waals surface area (Å²) in [5.74, 6) is 0.500. The van der Waals surface area contributed by atoms with Gasteiger partial charge < -0.3 is 5.73 Å². The first kappa shape index (κ1) is 13.7. The summed E-state index contributed by atoms with van der Waals surface area (Å²) in [6, 6.07) is 10.2. The van der Waals surface area contributed by atoms with Gasteiger partial charge in [0.15, 0.2) is 0 Å². The lowest BCUT2D eigenvalue weighted by atomic mass is 10.1. The van der Waals surface area contributed by atoms with Gasteiger partial charge in [0, 0.05) is 5.38 Å². The van der Waals surface area contributed by atoms with Crippen molar-refractivity contribution in [1.29, 1.82) is 0 Å². The molecule has 0 aliphatic rings. The van der Waals surface area contributed by atoms with Crippen molar-refractivity contribution in [1.82, 2.24) is 9.36 Å². The minimum absolute atomic E-state index is 0.500. The largest absolute Gasteiger partial charge is 0.383 e. The number of thiazole rings is 1. The molecule has 0 aliphatic heterocycles. The second-order valence-corrected chi connectivity index (χ2v) is 6.07. The summed E-state index contributed by atoms with van der Waals surface area (Å²) < 4.78 is 4.30. The third-order valence-corrected chi connectivity index (χ3v) is 4.39. The highest BCUT2D eigenvalue weighted by molar-refractivity contribution is 7.14. The minimum Gasteiger partial charge on any atom is -0.383 e. The van der Waals surface area contributed by atoms with Gasteiger partial charge in [0.05, 0.1) is 16.8 Å². The number of rotatable bonds is 4. The van der Waals surface area contributed by atoms with Gasteiger partial charge in [-0.2, -0.15) is 9.47 Å². The molecule has 2 heterocycles. The summed E-state index contributed by atoms with van der Waals surface area (Å²) in [5.41, 5.74) is 11.6. The van der Waals surface area contributed by atoms with Gasteiger partial charge in [0.1, 0.15) is 5.82 Å². The fourth-order valence-electron chi connectivity index (χ4n) is 1.77. The van der Waals surface area contributed by atoms with Crippen molar-refractivity contribution in [2.75, 3.05) is 11.2 Å². The van der Waals surface area contributed by atoms with Gasteiger partial charge in [0.2, 0.25) is 5.13 Å². The molecule has 3 aromatic rings. The Kier molecular flexibility index (Phi) is 3.94. The van der Waals surface area contributed by atoms with E-state index in [1.54, 1.807) is 11.6 Å². The number of nitrogens with two attached hydrogens (primary N) is 1. The van der Waals surface area contributed by atoms with Crippen LogP contribution in [0, 0.1) is 6.92 Å². The summed E-state index contributed by atoms with van der Waals surface area (Å²) >= 11 is 2.92. The van der Waals surface area contributed by atoms with Crippen LogP contribution in [0.2, 0.25) is 0 Å². The first-order chi connectivity index (χ1) is 10.2. The molecular weight excluding hydrogens is 302 g/mol. The second kappa shape index (κ2) is 6.02. The third-order valence-electron chi connectivity index (χ3n) is 2.69.